The first-order valence-electron chi connectivity index (χ1n) is 9.96. The molecule has 0 bridgehead atoms. The minimum Gasteiger partial charge on any atom is -0.356 e. The van der Waals surface area contributed by atoms with Gasteiger partial charge in [0.15, 0.2) is 5.96 Å². The third-order valence-electron chi connectivity index (χ3n) is 5.56. The van der Waals surface area contributed by atoms with Crippen molar-refractivity contribution in [1.29, 1.82) is 0 Å². The van der Waals surface area contributed by atoms with E-state index in [1.807, 2.05) is 13.2 Å². The average Bonchev–Trinajstić information content (AvgIpc) is 3.08. The number of anilines is 1. The van der Waals surface area contributed by atoms with Crippen LogP contribution in [0.3, 0.4) is 0 Å². The number of piperazine rings is 1. The van der Waals surface area contributed by atoms with E-state index in [1.165, 1.54) is 19.4 Å². The molecule has 0 spiro atoms. The molecule has 0 radical (unpaired) electrons. The molecule has 1 unspecified atom stereocenters. The summed E-state index contributed by atoms with van der Waals surface area (Å²) in [5, 5.41) is 7.67. The monoisotopic (exact) mass is 503 g/mol. The van der Waals surface area contributed by atoms with E-state index < -0.39 is 0 Å². The van der Waals surface area contributed by atoms with Crippen molar-refractivity contribution in [2.75, 3.05) is 51.2 Å². The van der Waals surface area contributed by atoms with Crippen LogP contribution in [-0.2, 0) is 11.8 Å². The highest BCUT2D eigenvalue weighted by Crippen LogP contribution is 2.18. The molecule has 2 saturated heterocycles. The van der Waals surface area contributed by atoms with Crippen molar-refractivity contribution in [1.82, 2.24) is 24.9 Å². The van der Waals surface area contributed by atoms with Gasteiger partial charge in [0.05, 0.1) is 11.9 Å². The number of likely N-dealkylation sites (tertiary alicyclic amines) is 1. The number of rotatable bonds is 4. The van der Waals surface area contributed by atoms with Crippen molar-refractivity contribution in [2.24, 2.45) is 18.0 Å². The Bertz CT molecular complexity index is 675. The number of amides is 1. The van der Waals surface area contributed by atoms with Crippen LogP contribution in [0.5, 0.6) is 0 Å². The lowest BCUT2D eigenvalue weighted by Crippen LogP contribution is -2.56. The molecule has 1 aromatic heterocycles. The lowest BCUT2D eigenvalue weighted by molar-refractivity contribution is -0.120. The Morgan fingerprint density at radius 1 is 1.36 bits per heavy atom. The highest BCUT2D eigenvalue weighted by molar-refractivity contribution is 14.0. The lowest BCUT2D eigenvalue weighted by atomic mass is 9.97. The van der Waals surface area contributed by atoms with Gasteiger partial charge >= 0.3 is 0 Å². The van der Waals surface area contributed by atoms with Gasteiger partial charge in [-0.1, -0.05) is 0 Å². The number of guanidine groups is 1. The predicted molar refractivity (Wildman–Crippen MR) is 123 cm³/mol. The number of aliphatic imine (C=N–C) groups is 1. The van der Waals surface area contributed by atoms with Gasteiger partial charge in [-0.25, -0.2) is 0 Å². The van der Waals surface area contributed by atoms with Crippen molar-refractivity contribution in [2.45, 2.75) is 32.7 Å². The molecule has 1 atom stereocenters. The van der Waals surface area contributed by atoms with Gasteiger partial charge in [0.1, 0.15) is 6.54 Å². The SMILES string of the molecule is CN=C(NCC1CCCN(C(C)C)C1)N1CCN(c2cnn(C)c2)C(=O)C1.I. The molecule has 158 valence electrons. The summed E-state index contributed by atoms with van der Waals surface area (Å²) in [6.07, 6.45) is 6.13. The Morgan fingerprint density at radius 2 is 2.14 bits per heavy atom. The quantitative estimate of drug-likeness (QED) is 0.382. The largest absolute Gasteiger partial charge is 0.356 e. The second kappa shape index (κ2) is 10.4. The first-order chi connectivity index (χ1) is 13.0. The smallest absolute Gasteiger partial charge is 0.246 e. The van der Waals surface area contributed by atoms with E-state index in [0.717, 1.165) is 31.3 Å². The number of nitrogens with one attached hydrogen (secondary N) is 1. The minimum absolute atomic E-state index is 0. The zero-order valence-electron chi connectivity index (χ0n) is 17.5. The normalized spacial score (nSPS) is 21.8. The van der Waals surface area contributed by atoms with Crippen molar-refractivity contribution in [3.8, 4) is 0 Å². The van der Waals surface area contributed by atoms with Crippen molar-refractivity contribution in [3.63, 3.8) is 0 Å². The van der Waals surface area contributed by atoms with E-state index in [-0.39, 0.29) is 29.9 Å². The zero-order valence-corrected chi connectivity index (χ0v) is 19.8. The fraction of sp³-hybridized carbons (Fsp3) is 0.737. The average molecular weight is 503 g/mol. The molecule has 3 rings (SSSR count). The number of aromatic nitrogens is 2. The topological polar surface area (TPSA) is 69.0 Å². The molecule has 28 heavy (non-hydrogen) atoms. The summed E-state index contributed by atoms with van der Waals surface area (Å²) >= 11 is 0. The van der Waals surface area contributed by atoms with Crippen LogP contribution in [0, 0.1) is 5.92 Å². The number of carbonyl (C=O) groups is 1. The molecule has 0 aliphatic carbocycles. The Labute approximate surface area is 185 Å². The molecule has 3 heterocycles. The van der Waals surface area contributed by atoms with Crippen molar-refractivity contribution >= 4 is 41.5 Å². The van der Waals surface area contributed by atoms with Crippen molar-refractivity contribution < 1.29 is 4.79 Å². The van der Waals surface area contributed by atoms with Crippen LogP contribution in [0.4, 0.5) is 5.69 Å². The van der Waals surface area contributed by atoms with Crippen LogP contribution in [0.2, 0.25) is 0 Å². The fourth-order valence-corrected chi connectivity index (χ4v) is 3.98. The maximum atomic E-state index is 12.6. The molecule has 2 aliphatic heterocycles. The first-order valence-corrected chi connectivity index (χ1v) is 9.96. The van der Waals surface area contributed by atoms with Crippen molar-refractivity contribution in [3.05, 3.63) is 12.4 Å². The van der Waals surface area contributed by atoms with Gasteiger partial charge in [-0.15, -0.1) is 24.0 Å². The summed E-state index contributed by atoms with van der Waals surface area (Å²) < 4.78 is 1.72. The summed E-state index contributed by atoms with van der Waals surface area (Å²) in [4.78, 5) is 23.4. The maximum Gasteiger partial charge on any atom is 0.246 e. The van der Waals surface area contributed by atoms with Gasteiger partial charge < -0.3 is 20.0 Å². The summed E-state index contributed by atoms with van der Waals surface area (Å²) in [6.45, 7) is 9.54. The number of piperidine rings is 1. The molecule has 2 fully saturated rings. The number of hydrogen-bond acceptors (Lipinski definition) is 4. The van der Waals surface area contributed by atoms with Crippen LogP contribution in [0.1, 0.15) is 26.7 Å². The molecule has 9 heteroatoms. The number of hydrogen-bond donors (Lipinski definition) is 1. The number of carbonyl (C=O) groups excluding carboxylic acids is 1. The first kappa shape index (κ1) is 22.9. The second-order valence-electron chi connectivity index (χ2n) is 7.86. The van der Waals surface area contributed by atoms with Gasteiger partial charge in [-0.05, 0) is 39.2 Å². The second-order valence-corrected chi connectivity index (χ2v) is 7.86. The molecule has 1 aromatic rings. The molecule has 8 nitrogen and oxygen atoms in total. The summed E-state index contributed by atoms with van der Waals surface area (Å²) in [6, 6.07) is 0.602. The Hall–Kier alpha value is -1.36. The van der Waals surface area contributed by atoms with Gasteiger partial charge in [-0.2, -0.15) is 5.10 Å². The van der Waals surface area contributed by atoms with Gasteiger partial charge in [0, 0.05) is 52.5 Å². The third kappa shape index (κ3) is 5.59. The highest BCUT2D eigenvalue weighted by atomic mass is 127. The summed E-state index contributed by atoms with van der Waals surface area (Å²) in [7, 11) is 3.66. The number of halogens is 1. The number of aryl methyl sites for hydroxylation is 1. The Morgan fingerprint density at radius 3 is 2.75 bits per heavy atom. The predicted octanol–water partition coefficient (Wildman–Crippen LogP) is 1.38. The zero-order chi connectivity index (χ0) is 19.4. The van der Waals surface area contributed by atoms with E-state index in [0.29, 0.717) is 25.0 Å². The van der Waals surface area contributed by atoms with E-state index in [9.17, 15) is 4.79 Å². The summed E-state index contributed by atoms with van der Waals surface area (Å²) in [5.41, 5.74) is 0.862. The molecule has 0 saturated carbocycles. The van der Waals surface area contributed by atoms with Crippen LogP contribution in [-0.4, -0.2) is 83.8 Å². The molecule has 2 aliphatic rings. The molecule has 0 aromatic carbocycles. The molecular weight excluding hydrogens is 469 g/mol. The lowest BCUT2D eigenvalue weighted by Gasteiger charge is -2.38. The van der Waals surface area contributed by atoms with Gasteiger partial charge in [-0.3, -0.25) is 14.5 Å². The minimum atomic E-state index is 0. The van der Waals surface area contributed by atoms with Gasteiger partial charge in [0.25, 0.3) is 0 Å². The van der Waals surface area contributed by atoms with E-state index in [4.69, 9.17) is 0 Å². The highest BCUT2D eigenvalue weighted by Gasteiger charge is 2.28. The van der Waals surface area contributed by atoms with Crippen LogP contribution in [0.25, 0.3) is 0 Å². The van der Waals surface area contributed by atoms with E-state index >= 15 is 0 Å². The molecule has 1 amide bonds. The summed E-state index contributed by atoms with van der Waals surface area (Å²) in [5.74, 6) is 1.54. The van der Waals surface area contributed by atoms with Crippen LogP contribution >= 0.6 is 24.0 Å². The van der Waals surface area contributed by atoms with Crippen LogP contribution < -0.4 is 10.2 Å². The molecular formula is C19H34IN7O. The maximum absolute atomic E-state index is 12.6. The van der Waals surface area contributed by atoms with E-state index in [1.54, 1.807) is 22.8 Å². The Kier molecular flexibility index (Phi) is 8.54. The van der Waals surface area contributed by atoms with E-state index in [2.05, 4.69) is 39.1 Å². The van der Waals surface area contributed by atoms with Gasteiger partial charge in [0.2, 0.25) is 5.91 Å². The molecule has 1 N–H and O–H groups in total. The van der Waals surface area contributed by atoms with Crippen LogP contribution in [0.15, 0.2) is 17.4 Å². The fourth-order valence-electron chi connectivity index (χ4n) is 3.98. The Balaban J connectivity index is 0.00000280. The standard InChI is InChI=1S/C19H33N7O.HI/c1-15(2)24-7-5-6-16(12-24)10-21-19(20-3)25-8-9-26(18(27)14-25)17-11-22-23(4)13-17;/h11,13,15-16H,5-10,12,14H2,1-4H3,(H,20,21);1H. The third-order valence-corrected chi connectivity index (χ3v) is 5.56. The number of nitrogens with zero attached hydrogens (tertiary/aromatic N) is 6.